The fourth-order valence-electron chi connectivity index (χ4n) is 2.53. The number of carbonyl (C=O) groups is 1. The molecule has 1 N–H and O–H groups in total. The molecule has 2 aromatic heterocycles. The van der Waals surface area contributed by atoms with E-state index in [1.807, 2.05) is 60.0 Å². The van der Waals surface area contributed by atoms with E-state index >= 15 is 0 Å². The highest BCUT2D eigenvalue weighted by Crippen LogP contribution is 2.28. The Balaban J connectivity index is 1.49. The van der Waals surface area contributed by atoms with Crippen LogP contribution in [0.1, 0.15) is 10.5 Å². The highest BCUT2D eigenvalue weighted by Gasteiger charge is 2.15. The standard InChI is InChI=1S/C20H15N3O3S/c1-25-15-9-5-8-14(10-15)17-12-27-20(21-17)22-19(24)16-11-18(26-23-16)13-6-3-2-4-7-13/h2-12H,1H3,(H,21,22,24). The highest BCUT2D eigenvalue weighted by molar-refractivity contribution is 7.14. The summed E-state index contributed by atoms with van der Waals surface area (Å²) in [5, 5.41) is 8.97. The van der Waals surface area contributed by atoms with Crippen LogP contribution in [0.5, 0.6) is 5.75 Å². The van der Waals surface area contributed by atoms with Crippen LogP contribution in [0.25, 0.3) is 22.6 Å². The van der Waals surface area contributed by atoms with E-state index in [1.165, 1.54) is 11.3 Å². The van der Waals surface area contributed by atoms with Gasteiger partial charge < -0.3 is 9.26 Å². The Bertz CT molecular complexity index is 1070. The summed E-state index contributed by atoms with van der Waals surface area (Å²) in [7, 11) is 1.62. The molecule has 0 saturated heterocycles. The molecule has 2 aromatic carbocycles. The van der Waals surface area contributed by atoms with Crippen molar-refractivity contribution in [1.29, 1.82) is 0 Å². The summed E-state index contributed by atoms with van der Waals surface area (Å²) in [6.45, 7) is 0. The lowest BCUT2D eigenvalue weighted by Gasteiger charge is -2.01. The van der Waals surface area contributed by atoms with Crippen molar-refractivity contribution in [1.82, 2.24) is 10.1 Å². The van der Waals surface area contributed by atoms with Crippen LogP contribution >= 0.6 is 11.3 Å². The third-order valence-electron chi connectivity index (χ3n) is 3.89. The number of aromatic nitrogens is 2. The van der Waals surface area contributed by atoms with Gasteiger partial charge in [0.25, 0.3) is 5.91 Å². The van der Waals surface area contributed by atoms with Crippen LogP contribution in [0, 0.1) is 0 Å². The number of ether oxygens (including phenoxy) is 1. The summed E-state index contributed by atoms with van der Waals surface area (Å²) in [6.07, 6.45) is 0. The zero-order valence-electron chi connectivity index (χ0n) is 14.4. The van der Waals surface area contributed by atoms with E-state index in [9.17, 15) is 4.79 Å². The number of carbonyl (C=O) groups excluding carboxylic acids is 1. The summed E-state index contributed by atoms with van der Waals surface area (Å²) in [5.74, 6) is 0.923. The second-order valence-corrected chi connectivity index (χ2v) is 6.52. The topological polar surface area (TPSA) is 77.2 Å². The summed E-state index contributed by atoms with van der Waals surface area (Å²) in [4.78, 5) is 16.9. The first-order chi connectivity index (χ1) is 13.2. The Labute approximate surface area is 159 Å². The Morgan fingerprint density at radius 1 is 1.07 bits per heavy atom. The van der Waals surface area contributed by atoms with Gasteiger partial charge in [0.15, 0.2) is 16.6 Å². The van der Waals surface area contributed by atoms with Gasteiger partial charge in [0.1, 0.15) is 5.75 Å². The molecule has 0 fully saturated rings. The van der Waals surface area contributed by atoms with Crippen molar-refractivity contribution >= 4 is 22.4 Å². The molecule has 6 nitrogen and oxygen atoms in total. The van der Waals surface area contributed by atoms with Crippen molar-refractivity contribution in [2.45, 2.75) is 0 Å². The molecule has 0 spiro atoms. The third-order valence-corrected chi connectivity index (χ3v) is 4.65. The van der Waals surface area contributed by atoms with Gasteiger partial charge in [0.05, 0.1) is 12.8 Å². The first-order valence-electron chi connectivity index (χ1n) is 8.16. The third kappa shape index (κ3) is 3.73. The zero-order valence-corrected chi connectivity index (χ0v) is 15.2. The van der Waals surface area contributed by atoms with E-state index in [4.69, 9.17) is 9.26 Å². The summed E-state index contributed by atoms with van der Waals surface area (Å²) >= 11 is 1.34. The minimum atomic E-state index is -0.368. The maximum absolute atomic E-state index is 12.4. The van der Waals surface area contributed by atoms with Gasteiger partial charge in [-0.15, -0.1) is 11.3 Å². The number of nitrogens with one attached hydrogen (secondary N) is 1. The molecule has 0 unspecified atom stereocenters. The number of thiazole rings is 1. The van der Waals surface area contributed by atoms with E-state index in [2.05, 4.69) is 15.5 Å². The monoisotopic (exact) mass is 377 g/mol. The molecule has 0 radical (unpaired) electrons. The second kappa shape index (κ2) is 7.43. The number of hydrogen-bond acceptors (Lipinski definition) is 6. The van der Waals surface area contributed by atoms with Crippen LogP contribution in [-0.4, -0.2) is 23.2 Å². The molecular weight excluding hydrogens is 362 g/mol. The number of rotatable bonds is 5. The van der Waals surface area contributed by atoms with Gasteiger partial charge in [0, 0.05) is 22.6 Å². The van der Waals surface area contributed by atoms with Crippen LogP contribution in [-0.2, 0) is 0 Å². The molecule has 4 rings (SSSR count). The lowest BCUT2D eigenvalue weighted by Crippen LogP contribution is -2.11. The average molecular weight is 377 g/mol. The summed E-state index contributed by atoms with van der Waals surface area (Å²) in [6, 6.07) is 18.7. The molecule has 0 atom stereocenters. The van der Waals surface area contributed by atoms with Crippen molar-refractivity contribution in [3.63, 3.8) is 0 Å². The number of methoxy groups -OCH3 is 1. The molecule has 7 heteroatoms. The molecule has 0 saturated carbocycles. The fourth-order valence-corrected chi connectivity index (χ4v) is 3.24. The Hall–Kier alpha value is -3.45. The lowest BCUT2D eigenvalue weighted by molar-refractivity contribution is 0.101. The fraction of sp³-hybridized carbons (Fsp3) is 0.0500. The zero-order chi connectivity index (χ0) is 18.6. The van der Waals surface area contributed by atoms with Gasteiger partial charge in [-0.2, -0.15) is 0 Å². The molecule has 1 amide bonds. The van der Waals surface area contributed by atoms with Gasteiger partial charge in [-0.3, -0.25) is 10.1 Å². The van der Waals surface area contributed by atoms with E-state index in [0.29, 0.717) is 10.9 Å². The van der Waals surface area contributed by atoms with Crippen molar-refractivity contribution in [3.8, 4) is 28.3 Å². The van der Waals surface area contributed by atoms with Crippen molar-refractivity contribution in [2.24, 2.45) is 0 Å². The number of nitrogens with zero attached hydrogens (tertiary/aromatic N) is 2. The van der Waals surface area contributed by atoms with E-state index < -0.39 is 0 Å². The normalized spacial score (nSPS) is 10.6. The molecule has 0 aliphatic heterocycles. The first-order valence-corrected chi connectivity index (χ1v) is 9.04. The molecule has 27 heavy (non-hydrogen) atoms. The molecule has 0 aliphatic carbocycles. The van der Waals surface area contributed by atoms with Crippen LogP contribution in [0.15, 0.2) is 70.6 Å². The van der Waals surface area contributed by atoms with Crippen molar-refractivity contribution in [3.05, 3.63) is 71.7 Å². The van der Waals surface area contributed by atoms with Crippen LogP contribution < -0.4 is 10.1 Å². The van der Waals surface area contributed by atoms with E-state index in [1.54, 1.807) is 13.2 Å². The number of hydrogen-bond donors (Lipinski definition) is 1. The van der Waals surface area contributed by atoms with Crippen LogP contribution in [0.3, 0.4) is 0 Å². The van der Waals surface area contributed by atoms with Gasteiger partial charge in [-0.05, 0) is 12.1 Å². The van der Waals surface area contributed by atoms with Crippen molar-refractivity contribution < 1.29 is 14.1 Å². The SMILES string of the molecule is COc1cccc(-c2csc(NC(=O)c3cc(-c4ccccc4)on3)n2)c1. The molecule has 0 bridgehead atoms. The smallest absolute Gasteiger partial charge is 0.279 e. The molecule has 0 aliphatic rings. The van der Waals surface area contributed by atoms with Gasteiger partial charge in [0.2, 0.25) is 0 Å². The highest BCUT2D eigenvalue weighted by atomic mass is 32.1. The summed E-state index contributed by atoms with van der Waals surface area (Å²) < 4.78 is 10.5. The number of amides is 1. The minimum absolute atomic E-state index is 0.201. The summed E-state index contributed by atoms with van der Waals surface area (Å²) in [5.41, 5.74) is 2.74. The van der Waals surface area contributed by atoms with Crippen LogP contribution in [0.2, 0.25) is 0 Å². The van der Waals surface area contributed by atoms with Crippen LogP contribution in [0.4, 0.5) is 5.13 Å². The maximum Gasteiger partial charge on any atom is 0.279 e. The average Bonchev–Trinajstić information content (AvgIpc) is 3.39. The molecular formula is C20H15N3O3S. The predicted octanol–water partition coefficient (Wildman–Crippen LogP) is 4.73. The van der Waals surface area contributed by atoms with Crippen molar-refractivity contribution in [2.75, 3.05) is 12.4 Å². The van der Waals surface area contributed by atoms with E-state index in [0.717, 1.165) is 22.6 Å². The first kappa shape index (κ1) is 17.0. The Morgan fingerprint density at radius 2 is 1.89 bits per heavy atom. The molecule has 134 valence electrons. The maximum atomic E-state index is 12.4. The quantitative estimate of drug-likeness (QED) is 0.544. The van der Waals surface area contributed by atoms with Gasteiger partial charge in [-0.25, -0.2) is 4.98 Å². The second-order valence-electron chi connectivity index (χ2n) is 5.67. The number of anilines is 1. The van der Waals surface area contributed by atoms with E-state index in [-0.39, 0.29) is 11.6 Å². The molecule has 2 heterocycles. The Kier molecular flexibility index (Phi) is 4.67. The predicted molar refractivity (Wildman–Crippen MR) is 104 cm³/mol. The number of benzene rings is 2. The lowest BCUT2D eigenvalue weighted by atomic mass is 10.1. The van der Waals surface area contributed by atoms with Gasteiger partial charge >= 0.3 is 0 Å². The van der Waals surface area contributed by atoms with Gasteiger partial charge in [-0.1, -0.05) is 47.6 Å². The Morgan fingerprint density at radius 3 is 2.70 bits per heavy atom. The minimum Gasteiger partial charge on any atom is -0.497 e. The largest absolute Gasteiger partial charge is 0.497 e. The molecule has 4 aromatic rings.